The predicted molar refractivity (Wildman–Crippen MR) is 114 cm³/mol. The summed E-state index contributed by atoms with van der Waals surface area (Å²) >= 11 is 0. The molecule has 0 aliphatic heterocycles. The fourth-order valence-corrected chi connectivity index (χ4v) is 2.78. The number of anilines is 1. The molecule has 1 N–H and O–H groups in total. The molecule has 3 aromatic rings. The largest absolute Gasteiger partial charge is 0.459 e. The van der Waals surface area contributed by atoms with Gasteiger partial charge in [-0.1, -0.05) is 66.7 Å². The zero-order chi connectivity index (χ0) is 19.8. The van der Waals surface area contributed by atoms with Crippen molar-refractivity contribution in [1.82, 2.24) is 0 Å². The molecular weight excluding hydrogens is 392 g/mol. The lowest BCUT2D eigenvalue weighted by Gasteiger charge is -2.19. The number of nitrogens with one attached hydrogen (secondary N) is 1. The van der Waals surface area contributed by atoms with Gasteiger partial charge in [0.25, 0.3) is 5.69 Å². The van der Waals surface area contributed by atoms with E-state index in [9.17, 15) is 14.9 Å². The molecule has 0 aromatic heterocycles. The average Bonchev–Trinajstić information content (AvgIpc) is 2.73. The Morgan fingerprint density at radius 1 is 0.931 bits per heavy atom. The first-order chi connectivity index (χ1) is 13.6. The second-order valence-electron chi connectivity index (χ2n) is 6.29. The number of esters is 1. The Balaban J connectivity index is 0.00000300. The Morgan fingerprint density at radius 2 is 1.55 bits per heavy atom. The van der Waals surface area contributed by atoms with Crippen molar-refractivity contribution >= 4 is 29.8 Å². The van der Waals surface area contributed by atoms with Gasteiger partial charge in [0.1, 0.15) is 12.6 Å². The molecule has 3 aromatic carbocycles. The topological polar surface area (TPSA) is 81.5 Å². The van der Waals surface area contributed by atoms with Gasteiger partial charge >= 0.3 is 5.97 Å². The number of rotatable bonds is 8. The second kappa shape index (κ2) is 10.8. The van der Waals surface area contributed by atoms with Crippen LogP contribution in [-0.2, 0) is 22.6 Å². The van der Waals surface area contributed by atoms with E-state index in [1.165, 1.54) is 12.1 Å². The van der Waals surface area contributed by atoms with Gasteiger partial charge in [0.05, 0.1) is 4.92 Å². The van der Waals surface area contributed by atoms with Crippen LogP contribution in [0.5, 0.6) is 0 Å². The molecule has 6 nitrogen and oxygen atoms in total. The Bertz CT molecular complexity index is 936. The van der Waals surface area contributed by atoms with Crippen LogP contribution in [0.2, 0.25) is 0 Å². The summed E-state index contributed by atoms with van der Waals surface area (Å²) in [6, 6.07) is 24.4. The molecule has 0 saturated heterocycles. The van der Waals surface area contributed by atoms with E-state index < -0.39 is 16.9 Å². The maximum Gasteiger partial charge on any atom is 0.329 e. The summed E-state index contributed by atoms with van der Waals surface area (Å²) in [6.07, 6.45) is 0.400. The number of carbonyl (C=O) groups is 1. The van der Waals surface area contributed by atoms with Crippen LogP contribution in [0.15, 0.2) is 84.9 Å². The first kappa shape index (κ1) is 21.9. The minimum atomic E-state index is -0.673. The highest BCUT2D eigenvalue weighted by molar-refractivity contribution is 5.85. The van der Waals surface area contributed by atoms with Crippen LogP contribution in [0, 0.1) is 10.1 Å². The number of nitro groups is 1. The lowest BCUT2D eigenvalue weighted by molar-refractivity contribution is -0.384. The van der Waals surface area contributed by atoms with E-state index in [-0.39, 0.29) is 24.7 Å². The highest BCUT2D eigenvalue weighted by Crippen LogP contribution is 2.19. The standard InChI is InChI=1S/C22H20N2O4.ClH/c25-22(28-16-18-10-5-2-6-11-18)21(14-17-8-3-1-4-9-17)23-19-12-7-13-20(15-19)24(26)27;/h1-13,15,21,23H,14,16H2;1H/t21-;/m0./s1. The number of hydrogen-bond donors (Lipinski definition) is 1. The summed E-state index contributed by atoms with van der Waals surface area (Å²) in [5.74, 6) is -0.417. The molecule has 1 atom stereocenters. The first-order valence-corrected chi connectivity index (χ1v) is 8.87. The van der Waals surface area contributed by atoms with E-state index in [0.717, 1.165) is 11.1 Å². The molecule has 0 heterocycles. The predicted octanol–water partition coefficient (Wildman–Crippen LogP) is 4.78. The molecule has 0 unspecified atom stereocenters. The van der Waals surface area contributed by atoms with Crippen LogP contribution >= 0.6 is 12.4 Å². The Labute approximate surface area is 175 Å². The zero-order valence-corrected chi connectivity index (χ0v) is 16.4. The maximum atomic E-state index is 12.7. The van der Waals surface area contributed by atoms with Crippen LogP contribution in [-0.4, -0.2) is 16.9 Å². The molecule has 0 radical (unpaired) electrons. The van der Waals surface area contributed by atoms with Gasteiger partial charge in [-0.3, -0.25) is 10.1 Å². The van der Waals surface area contributed by atoms with Gasteiger partial charge in [-0.15, -0.1) is 12.4 Å². The van der Waals surface area contributed by atoms with E-state index in [1.807, 2.05) is 60.7 Å². The van der Waals surface area contributed by atoms with Gasteiger partial charge in [-0.2, -0.15) is 0 Å². The van der Waals surface area contributed by atoms with Crippen molar-refractivity contribution in [2.75, 3.05) is 5.32 Å². The fourth-order valence-electron chi connectivity index (χ4n) is 2.78. The SMILES string of the molecule is Cl.O=C(OCc1ccccc1)[C@H](Cc1ccccc1)Nc1cccc([N+](=O)[O-])c1. The van der Waals surface area contributed by atoms with Crippen molar-refractivity contribution in [3.05, 3.63) is 106 Å². The molecule has 29 heavy (non-hydrogen) atoms. The van der Waals surface area contributed by atoms with Gasteiger partial charge in [0.15, 0.2) is 0 Å². The molecule has 0 saturated carbocycles. The lowest BCUT2D eigenvalue weighted by atomic mass is 10.1. The minimum absolute atomic E-state index is 0. The molecule has 0 aliphatic carbocycles. The monoisotopic (exact) mass is 412 g/mol. The van der Waals surface area contributed by atoms with Crippen LogP contribution in [0.25, 0.3) is 0 Å². The Morgan fingerprint density at radius 3 is 2.17 bits per heavy atom. The van der Waals surface area contributed by atoms with Crippen molar-refractivity contribution in [1.29, 1.82) is 0 Å². The third-order valence-corrected chi connectivity index (χ3v) is 4.19. The molecule has 150 valence electrons. The van der Waals surface area contributed by atoms with E-state index in [2.05, 4.69) is 5.32 Å². The molecular formula is C22H21ClN2O4. The van der Waals surface area contributed by atoms with E-state index >= 15 is 0 Å². The van der Waals surface area contributed by atoms with Crippen LogP contribution in [0.4, 0.5) is 11.4 Å². The molecule has 3 rings (SSSR count). The van der Waals surface area contributed by atoms with Gasteiger partial charge in [0.2, 0.25) is 0 Å². The summed E-state index contributed by atoms with van der Waals surface area (Å²) in [5.41, 5.74) is 2.31. The third-order valence-electron chi connectivity index (χ3n) is 4.19. The van der Waals surface area contributed by atoms with Crippen molar-refractivity contribution in [3.8, 4) is 0 Å². The minimum Gasteiger partial charge on any atom is -0.459 e. The molecule has 7 heteroatoms. The van der Waals surface area contributed by atoms with Gasteiger partial charge in [-0.25, -0.2) is 4.79 Å². The summed E-state index contributed by atoms with van der Waals surface area (Å²) in [7, 11) is 0. The fraction of sp³-hybridized carbons (Fsp3) is 0.136. The highest BCUT2D eigenvalue weighted by Gasteiger charge is 2.21. The molecule has 0 bridgehead atoms. The lowest BCUT2D eigenvalue weighted by Crippen LogP contribution is -2.33. The third kappa shape index (κ3) is 6.62. The number of non-ortho nitro benzene ring substituents is 1. The maximum absolute atomic E-state index is 12.7. The summed E-state index contributed by atoms with van der Waals surface area (Å²) in [4.78, 5) is 23.3. The number of ether oxygens (including phenoxy) is 1. The van der Waals surface area contributed by atoms with Crippen molar-refractivity contribution in [3.63, 3.8) is 0 Å². The quantitative estimate of drug-likeness (QED) is 0.327. The van der Waals surface area contributed by atoms with E-state index in [4.69, 9.17) is 4.74 Å². The second-order valence-corrected chi connectivity index (χ2v) is 6.29. The molecule has 0 spiro atoms. The summed E-state index contributed by atoms with van der Waals surface area (Å²) in [5, 5.41) is 14.1. The normalized spacial score (nSPS) is 11.0. The van der Waals surface area contributed by atoms with Crippen LogP contribution < -0.4 is 5.32 Å². The van der Waals surface area contributed by atoms with E-state index in [1.54, 1.807) is 12.1 Å². The highest BCUT2D eigenvalue weighted by atomic mass is 35.5. The van der Waals surface area contributed by atoms with Gasteiger partial charge in [0, 0.05) is 24.2 Å². The Hall–Kier alpha value is -3.38. The number of benzene rings is 3. The number of nitro benzene ring substituents is 1. The molecule has 0 aliphatic rings. The Kier molecular flexibility index (Phi) is 8.18. The number of nitrogens with zero attached hydrogens (tertiary/aromatic N) is 1. The first-order valence-electron chi connectivity index (χ1n) is 8.87. The van der Waals surface area contributed by atoms with Gasteiger partial charge in [-0.05, 0) is 17.2 Å². The van der Waals surface area contributed by atoms with Crippen LogP contribution in [0.3, 0.4) is 0 Å². The molecule has 0 fully saturated rings. The summed E-state index contributed by atoms with van der Waals surface area (Å²) < 4.78 is 5.48. The average molecular weight is 413 g/mol. The van der Waals surface area contributed by atoms with Crippen molar-refractivity contribution in [2.45, 2.75) is 19.1 Å². The van der Waals surface area contributed by atoms with Gasteiger partial charge < -0.3 is 10.1 Å². The van der Waals surface area contributed by atoms with Crippen LogP contribution in [0.1, 0.15) is 11.1 Å². The number of hydrogen-bond acceptors (Lipinski definition) is 5. The van der Waals surface area contributed by atoms with Crippen molar-refractivity contribution in [2.24, 2.45) is 0 Å². The smallest absolute Gasteiger partial charge is 0.329 e. The zero-order valence-electron chi connectivity index (χ0n) is 15.6. The number of halogens is 1. The van der Waals surface area contributed by atoms with Crippen molar-refractivity contribution < 1.29 is 14.5 Å². The number of carbonyl (C=O) groups excluding carboxylic acids is 1. The molecule has 0 amide bonds. The van der Waals surface area contributed by atoms with E-state index in [0.29, 0.717) is 12.1 Å². The summed E-state index contributed by atoms with van der Waals surface area (Å²) in [6.45, 7) is 0.168.